The van der Waals surface area contributed by atoms with Gasteiger partial charge in [-0.1, -0.05) is 6.07 Å². The lowest BCUT2D eigenvalue weighted by atomic mass is 10.3. The molecule has 1 saturated carbocycles. The lowest BCUT2D eigenvalue weighted by molar-refractivity contribution is -0.138. The second-order valence-electron chi connectivity index (χ2n) is 5.51. The van der Waals surface area contributed by atoms with Gasteiger partial charge >= 0.3 is 11.7 Å². The molecule has 112 valence electrons. The highest BCUT2D eigenvalue weighted by Crippen LogP contribution is 2.29. The summed E-state index contributed by atoms with van der Waals surface area (Å²) < 4.78 is 2.89. The fourth-order valence-corrected chi connectivity index (χ4v) is 2.44. The van der Waals surface area contributed by atoms with Gasteiger partial charge in [0.05, 0.1) is 13.1 Å². The zero-order chi connectivity index (χ0) is 14.8. The monoisotopic (exact) mass is 290 g/mol. The first-order chi connectivity index (χ1) is 10.1. The van der Waals surface area contributed by atoms with Crippen molar-refractivity contribution in [2.24, 2.45) is 5.92 Å². The van der Waals surface area contributed by atoms with E-state index in [-0.39, 0.29) is 12.2 Å². The second kappa shape index (κ2) is 5.69. The first-order valence-electron chi connectivity index (χ1n) is 7.12. The highest BCUT2D eigenvalue weighted by atomic mass is 16.4. The zero-order valence-electron chi connectivity index (χ0n) is 11.7. The number of fused-ring (bicyclic) bond motifs is 1. The molecule has 0 bridgehead atoms. The number of aromatic nitrogens is 3. The van der Waals surface area contributed by atoms with Gasteiger partial charge in [-0.05, 0) is 30.9 Å². The molecule has 21 heavy (non-hydrogen) atoms. The molecular weight excluding hydrogens is 272 g/mol. The van der Waals surface area contributed by atoms with Gasteiger partial charge in [-0.2, -0.15) is 0 Å². The van der Waals surface area contributed by atoms with Gasteiger partial charge < -0.3 is 5.11 Å². The molecule has 1 fully saturated rings. The molecule has 0 aliphatic heterocycles. The SMILES string of the molecule is O=C(O)CN(CCn1nc2ccccn2c1=O)CC1CC1. The van der Waals surface area contributed by atoms with Crippen molar-refractivity contribution in [3.8, 4) is 0 Å². The average molecular weight is 290 g/mol. The first-order valence-corrected chi connectivity index (χ1v) is 7.12. The van der Waals surface area contributed by atoms with Crippen LogP contribution in [0.25, 0.3) is 5.65 Å². The molecule has 0 amide bonds. The molecule has 0 unspecified atom stereocenters. The minimum Gasteiger partial charge on any atom is -0.480 e. The van der Waals surface area contributed by atoms with E-state index in [1.54, 1.807) is 18.3 Å². The van der Waals surface area contributed by atoms with Gasteiger partial charge in [0.25, 0.3) is 0 Å². The third-order valence-corrected chi connectivity index (χ3v) is 3.69. The molecule has 2 heterocycles. The van der Waals surface area contributed by atoms with Crippen LogP contribution in [-0.4, -0.2) is 49.8 Å². The molecular formula is C14H18N4O3. The van der Waals surface area contributed by atoms with Crippen LogP contribution in [0.1, 0.15) is 12.8 Å². The Hall–Kier alpha value is -2.15. The minimum atomic E-state index is -0.835. The summed E-state index contributed by atoms with van der Waals surface area (Å²) in [6.07, 6.45) is 4.02. The number of carboxylic acids is 1. The maximum absolute atomic E-state index is 12.1. The number of hydrogen-bond donors (Lipinski definition) is 1. The van der Waals surface area contributed by atoms with Crippen LogP contribution in [-0.2, 0) is 11.3 Å². The molecule has 2 aromatic heterocycles. The van der Waals surface area contributed by atoms with E-state index >= 15 is 0 Å². The molecule has 0 atom stereocenters. The summed E-state index contributed by atoms with van der Waals surface area (Å²) in [4.78, 5) is 24.9. The largest absolute Gasteiger partial charge is 0.480 e. The van der Waals surface area contributed by atoms with Gasteiger partial charge in [-0.15, -0.1) is 5.10 Å². The van der Waals surface area contributed by atoms with Crippen LogP contribution in [0.5, 0.6) is 0 Å². The normalized spacial score (nSPS) is 14.9. The number of aliphatic carboxylic acids is 1. The lowest BCUT2D eigenvalue weighted by Crippen LogP contribution is -2.36. The number of carbonyl (C=O) groups is 1. The summed E-state index contributed by atoms with van der Waals surface area (Å²) in [6.45, 7) is 1.72. The Kier molecular flexibility index (Phi) is 3.74. The quantitative estimate of drug-likeness (QED) is 0.793. The molecule has 7 heteroatoms. The van der Waals surface area contributed by atoms with Gasteiger partial charge in [0.1, 0.15) is 0 Å². The highest BCUT2D eigenvalue weighted by molar-refractivity contribution is 5.69. The Balaban J connectivity index is 1.69. The molecule has 1 aliphatic rings. The molecule has 1 aliphatic carbocycles. The zero-order valence-corrected chi connectivity index (χ0v) is 11.7. The number of rotatable bonds is 7. The standard InChI is InChI=1S/C14H18N4O3/c19-13(20)10-16(9-11-4-5-11)7-8-18-14(21)17-6-2-1-3-12(17)15-18/h1-3,6,11H,4-5,7-10H2,(H,19,20). The number of hydrogen-bond acceptors (Lipinski definition) is 4. The fraction of sp³-hybridized carbons (Fsp3) is 0.500. The Morgan fingerprint density at radius 1 is 1.43 bits per heavy atom. The summed E-state index contributed by atoms with van der Waals surface area (Å²) in [7, 11) is 0. The minimum absolute atomic E-state index is 0.0125. The van der Waals surface area contributed by atoms with Crippen LogP contribution in [0.3, 0.4) is 0 Å². The second-order valence-corrected chi connectivity index (χ2v) is 5.51. The third kappa shape index (κ3) is 3.30. The van der Waals surface area contributed by atoms with E-state index in [4.69, 9.17) is 5.11 Å². The smallest absolute Gasteiger partial charge is 0.350 e. The lowest BCUT2D eigenvalue weighted by Gasteiger charge is -2.19. The van der Waals surface area contributed by atoms with E-state index in [9.17, 15) is 9.59 Å². The third-order valence-electron chi connectivity index (χ3n) is 3.69. The molecule has 0 spiro atoms. The van der Waals surface area contributed by atoms with Crippen molar-refractivity contribution in [2.45, 2.75) is 19.4 Å². The molecule has 0 radical (unpaired) electrons. The molecule has 0 saturated heterocycles. The molecule has 0 aromatic carbocycles. The van der Waals surface area contributed by atoms with Crippen LogP contribution in [0.2, 0.25) is 0 Å². The Morgan fingerprint density at radius 3 is 2.90 bits per heavy atom. The topological polar surface area (TPSA) is 79.8 Å². The molecule has 2 aromatic rings. The van der Waals surface area contributed by atoms with Crippen LogP contribution >= 0.6 is 0 Å². The van der Waals surface area contributed by atoms with E-state index in [1.807, 2.05) is 11.0 Å². The highest BCUT2D eigenvalue weighted by Gasteiger charge is 2.25. The van der Waals surface area contributed by atoms with Crippen molar-refractivity contribution in [3.63, 3.8) is 0 Å². The van der Waals surface area contributed by atoms with Crippen LogP contribution in [0.4, 0.5) is 0 Å². The van der Waals surface area contributed by atoms with Crippen molar-refractivity contribution in [3.05, 3.63) is 34.9 Å². The summed E-state index contributed by atoms with van der Waals surface area (Å²) in [5, 5.41) is 13.2. The summed E-state index contributed by atoms with van der Waals surface area (Å²) >= 11 is 0. The van der Waals surface area contributed by atoms with Gasteiger partial charge in [-0.3, -0.25) is 14.1 Å². The van der Waals surface area contributed by atoms with E-state index in [0.29, 0.717) is 24.7 Å². The van der Waals surface area contributed by atoms with Crippen LogP contribution in [0.15, 0.2) is 29.2 Å². The maximum Gasteiger partial charge on any atom is 0.350 e. The van der Waals surface area contributed by atoms with Crippen molar-refractivity contribution < 1.29 is 9.90 Å². The van der Waals surface area contributed by atoms with E-state index in [0.717, 1.165) is 6.54 Å². The fourth-order valence-electron chi connectivity index (χ4n) is 2.44. The van der Waals surface area contributed by atoms with Crippen molar-refractivity contribution in [1.29, 1.82) is 0 Å². The summed E-state index contributed by atoms with van der Waals surface area (Å²) in [6, 6.07) is 5.39. The van der Waals surface area contributed by atoms with Crippen molar-refractivity contribution in [2.75, 3.05) is 19.6 Å². The first kappa shape index (κ1) is 13.8. The van der Waals surface area contributed by atoms with E-state index < -0.39 is 5.97 Å². The van der Waals surface area contributed by atoms with Crippen molar-refractivity contribution >= 4 is 11.6 Å². The Bertz CT molecular complexity index is 702. The van der Waals surface area contributed by atoms with E-state index in [1.165, 1.54) is 21.9 Å². The number of nitrogens with zero attached hydrogens (tertiary/aromatic N) is 4. The average Bonchev–Trinajstić information content (AvgIpc) is 3.20. The predicted octanol–water partition coefficient (Wildman–Crippen LogP) is 0.293. The maximum atomic E-state index is 12.1. The van der Waals surface area contributed by atoms with Gasteiger partial charge in [-0.25, -0.2) is 9.48 Å². The summed E-state index contributed by atoms with van der Waals surface area (Å²) in [5.41, 5.74) is 0.418. The summed E-state index contributed by atoms with van der Waals surface area (Å²) in [5.74, 6) is -0.222. The van der Waals surface area contributed by atoms with E-state index in [2.05, 4.69) is 5.10 Å². The van der Waals surface area contributed by atoms with Crippen LogP contribution < -0.4 is 5.69 Å². The van der Waals surface area contributed by atoms with Gasteiger partial charge in [0.15, 0.2) is 5.65 Å². The molecule has 7 nitrogen and oxygen atoms in total. The Morgan fingerprint density at radius 2 is 2.24 bits per heavy atom. The predicted molar refractivity (Wildman–Crippen MR) is 76.3 cm³/mol. The number of pyridine rings is 1. The van der Waals surface area contributed by atoms with Gasteiger partial charge in [0, 0.05) is 19.3 Å². The van der Waals surface area contributed by atoms with Gasteiger partial charge in [0.2, 0.25) is 0 Å². The molecule has 1 N–H and O–H groups in total. The Labute approximate surface area is 121 Å². The molecule has 3 rings (SSSR count). The number of carboxylic acid groups (broad SMARTS) is 1. The van der Waals surface area contributed by atoms with Crippen molar-refractivity contribution in [1.82, 2.24) is 19.1 Å². The van der Waals surface area contributed by atoms with Crippen LogP contribution in [0, 0.1) is 5.92 Å².